The van der Waals surface area contributed by atoms with Crippen LogP contribution >= 0.6 is 0 Å². The van der Waals surface area contributed by atoms with E-state index in [9.17, 15) is 18.3 Å². The third-order valence-electron chi connectivity index (χ3n) is 2.47. The van der Waals surface area contributed by atoms with Gasteiger partial charge in [-0.05, 0) is 25.2 Å². The first-order chi connectivity index (χ1) is 6.97. The van der Waals surface area contributed by atoms with E-state index in [4.69, 9.17) is 0 Å². The second kappa shape index (κ2) is 5.70. The van der Waals surface area contributed by atoms with E-state index in [1.165, 1.54) is 12.8 Å². The molecule has 0 heterocycles. The fraction of sp³-hybridized carbons (Fsp3) is 1.00. The van der Waals surface area contributed by atoms with Crippen molar-refractivity contribution in [3.05, 3.63) is 0 Å². The van der Waals surface area contributed by atoms with Crippen LogP contribution < -0.4 is 0 Å². The quantitative estimate of drug-likeness (QED) is 0.676. The summed E-state index contributed by atoms with van der Waals surface area (Å²) in [5.74, 6) is 0.746. The van der Waals surface area contributed by atoms with Gasteiger partial charge >= 0.3 is 6.18 Å². The molecule has 0 spiro atoms. The Bertz CT molecular complexity index is 178. The van der Waals surface area contributed by atoms with E-state index in [0.29, 0.717) is 12.8 Å². The van der Waals surface area contributed by atoms with Crippen molar-refractivity contribution >= 4 is 0 Å². The lowest BCUT2D eigenvalue weighted by atomic mass is 10.1. The van der Waals surface area contributed by atoms with Crippen LogP contribution in [0.15, 0.2) is 0 Å². The van der Waals surface area contributed by atoms with E-state index < -0.39 is 18.9 Å². The van der Waals surface area contributed by atoms with Crippen LogP contribution in [-0.4, -0.2) is 30.6 Å². The van der Waals surface area contributed by atoms with E-state index >= 15 is 0 Å². The van der Waals surface area contributed by atoms with Crippen LogP contribution in [0.4, 0.5) is 13.2 Å². The van der Waals surface area contributed by atoms with Gasteiger partial charge in [-0.1, -0.05) is 12.8 Å². The smallest absolute Gasteiger partial charge is 0.393 e. The molecule has 15 heavy (non-hydrogen) atoms. The molecule has 0 aromatic rings. The molecule has 1 fully saturated rings. The van der Waals surface area contributed by atoms with Gasteiger partial charge in [-0.15, -0.1) is 0 Å². The molecule has 1 saturated carbocycles. The van der Waals surface area contributed by atoms with Crippen molar-refractivity contribution in [1.29, 1.82) is 0 Å². The Kier molecular flexibility index (Phi) is 4.86. The molecule has 2 nitrogen and oxygen atoms in total. The Morgan fingerprint density at radius 3 is 2.47 bits per heavy atom. The molecule has 1 aliphatic rings. The first-order valence-corrected chi connectivity index (χ1v) is 5.30. The van der Waals surface area contributed by atoms with Crippen molar-refractivity contribution < 1.29 is 23.0 Å². The van der Waals surface area contributed by atoms with Crippen LogP contribution in [-0.2, 0) is 4.74 Å². The Hall–Kier alpha value is -0.290. The summed E-state index contributed by atoms with van der Waals surface area (Å²) in [6.45, 7) is -1.24. The molecular formula is C10H17F3O2. The lowest BCUT2D eigenvalue weighted by Crippen LogP contribution is -2.19. The molecule has 1 aliphatic carbocycles. The van der Waals surface area contributed by atoms with Crippen LogP contribution in [0.25, 0.3) is 0 Å². The maximum Gasteiger partial charge on any atom is 0.411 e. The molecule has 0 amide bonds. The maximum absolute atomic E-state index is 11.7. The minimum Gasteiger partial charge on any atom is -0.393 e. The molecule has 0 aromatic heterocycles. The largest absolute Gasteiger partial charge is 0.411 e. The number of alkyl halides is 3. The molecule has 0 bridgehead atoms. The van der Waals surface area contributed by atoms with Crippen molar-refractivity contribution in [1.82, 2.24) is 0 Å². The van der Waals surface area contributed by atoms with Gasteiger partial charge in [0.25, 0.3) is 0 Å². The van der Waals surface area contributed by atoms with Crippen molar-refractivity contribution in [2.45, 2.75) is 44.4 Å². The average molecular weight is 226 g/mol. The van der Waals surface area contributed by atoms with E-state index in [-0.39, 0.29) is 6.61 Å². The summed E-state index contributed by atoms with van der Waals surface area (Å²) in [4.78, 5) is 0. The summed E-state index contributed by atoms with van der Waals surface area (Å²) < 4.78 is 39.4. The van der Waals surface area contributed by atoms with Crippen LogP contribution in [0.2, 0.25) is 0 Å². The van der Waals surface area contributed by atoms with E-state index in [0.717, 1.165) is 12.3 Å². The van der Waals surface area contributed by atoms with Crippen LogP contribution in [0.3, 0.4) is 0 Å². The summed E-state index contributed by atoms with van der Waals surface area (Å²) in [5.41, 5.74) is 0. The maximum atomic E-state index is 11.7. The third-order valence-corrected chi connectivity index (χ3v) is 2.47. The minimum atomic E-state index is -4.26. The van der Waals surface area contributed by atoms with Gasteiger partial charge in [0.2, 0.25) is 0 Å². The number of hydrogen-bond acceptors (Lipinski definition) is 2. The van der Waals surface area contributed by atoms with Crippen molar-refractivity contribution in [2.75, 3.05) is 13.2 Å². The average Bonchev–Trinajstić information content (AvgIpc) is 2.91. The Balaban J connectivity index is 1.89. The predicted molar refractivity (Wildman–Crippen MR) is 49.5 cm³/mol. The topological polar surface area (TPSA) is 29.5 Å². The van der Waals surface area contributed by atoms with E-state index in [2.05, 4.69) is 4.74 Å². The zero-order valence-corrected chi connectivity index (χ0v) is 8.59. The van der Waals surface area contributed by atoms with Crippen molar-refractivity contribution in [2.24, 2.45) is 5.92 Å². The zero-order chi connectivity index (χ0) is 11.3. The Morgan fingerprint density at radius 1 is 1.27 bits per heavy atom. The molecule has 1 rings (SSSR count). The first kappa shape index (κ1) is 12.8. The highest BCUT2D eigenvalue weighted by atomic mass is 19.4. The van der Waals surface area contributed by atoms with Gasteiger partial charge in [0.1, 0.15) is 6.61 Å². The number of aliphatic hydroxyl groups is 1. The van der Waals surface area contributed by atoms with Gasteiger partial charge in [-0.25, -0.2) is 0 Å². The molecule has 0 aromatic carbocycles. The number of rotatable bonds is 7. The molecule has 1 N–H and O–H groups in total. The standard InChI is InChI=1S/C10H17F3O2/c11-10(12,13)7-15-6-5-9(14)4-3-8-1-2-8/h8-9,14H,1-7H2. The summed E-state index contributed by atoms with van der Waals surface area (Å²) in [6.07, 6.45) is -0.351. The monoisotopic (exact) mass is 226 g/mol. The normalized spacial score (nSPS) is 19.2. The number of aliphatic hydroxyl groups excluding tert-OH is 1. The SMILES string of the molecule is OC(CCOCC(F)(F)F)CCC1CC1. The first-order valence-electron chi connectivity index (χ1n) is 5.30. The third kappa shape index (κ3) is 7.62. The molecule has 90 valence electrons. The van der Waals surface area contributed by atoms with E-state index in [1.54, 1.807) is 0 Å². The minimum absolute atomic E-state index is 0.0225. The van der Waals surface area contributed by atoms with Crippen LogP contribution in [0, 0.1) is 5.92 Å². The summed E-state index contributed by atoms with van der Waals surface area (Å²) in [7, 11) is 0. The lowest BCUT2D eigenvalue weighted by molar-refractivity contribution is -0.175. The Morgan fingerprint density at radius 2 is 1.93 bits per heavy atom. The Labute approximate surface area is 87.4 Å². The number of ether oxygens (including phenoxy) is 1. The highest BCUT2D eigenvalue weighted by Gasteiger charge is 2.27. The molecule has 0 saturated heterocycles. The van der Waals surface area contributed by atoms with Crippen LogP contribution in [0.1, 0.15) is 32.1 Å². The molecule has 0 aliphatic heterocycles. The lowest BCUT2D eigenvalue weighted by Gasteiger charge is -2.11. The van der Waals surface area contributed by atoms with E-state index in [1.807, 2.05) is 0 Å². The highest BCUT2D eigenvalue weighted by Crippen LogP contribution is 2.34. The van der Waals surface area contributed by atoms with Gasteiger partial charge in [-0.3, -0.25) is 0 Å². The van der Waals surface area contributed by atoms with Crippen LogP contribution in [0.5, 0.6) is 0 Å². The fourth-order valence-electron chi connectivity index (χ4n) is 1.39. The molecule has 0 radical (unpaired) electrons. The summed E-state index contributed by atoms with van der Waals surface area (Å²) in [5, 5.41) is 9.39. The van der Waals surface area contributed by atoms with Gasteiger partial charge in [-0.2, -0.15) is 13.2 Å². The second-order valence-electron chi connectivity index (χ2n) is 4.13. The van der Waals surface area contributed by atoms with Gasteiger partial charge in [0.05, 0.1) is 6.10 Å². The molecule has 5 heteroatoms. The van der Waals surface area contributed by atoms with Crippen molar-refractivity contribution in [3.63, 3.8) is 0 Å². The van der Waals surface area contributed by atoms with Gasteiger partial charge < -0.3 is 9.84 Å². The zero-order valence-electron chi connectivity index (χ0n) is 8.59. The predicted octanol–water partition coefficient (Wildman–Crippen LogP) is 2.51. The van der Waals surface area contributed by atoms with Crippen molar-refractivity contribution in [3.8, 4) is 0 Å². The summed E-state index contributed by atoms with van der Waals surface area (Å²) >= 11 is 0. The highest BCUT2D eigenvalue weighted by molar-refractivity contribution is 4.74. The second-order valence-corrected chi connectivity index (χ2v) is 4.13. The van der Waals surface area contributed by atoms with Gasteiger partial charge in [0, 0.05) is 6.61 Å². The van der Waals surface area contributed by atoms with Gasteiger partial charge in [0.15, 0.2) is 0 Å². The number of halogens is 3. The molecule has 1 atom stereocenters. The molecule has 1 unspecified atom stereocenters. The fourth-order valence-corrected chi connectivity index (χ4v) is 1.39. The number of hydrogen-bond donors (Lipinski definition) is 1. The molecular weight excluding hydrogens is 209 g/mol. The summed E-state index contributed by atoms with van der Waals surface area (Å²) in [6, 6.07) is 0.